The lowest BCUT2D eigenvalue weighted by molar-refractivity contribution is -0.346. The third-order valence-corrected chi connectivity index (χ3v) is 18.6. The van der Waals surface area contributed by atoms with Gasteiger partial charge < -0.3 is 94.1 Å². The van der Waals surface area contributed by atoms with Gasteiger partial charge in [-0.05, 0) is 72.5 Å². The summed E-state index contributed by atoms with van der Waals surface area (Å²) < 4.78 is 53.3. The maximum Gasteiger partial charge on any atom is 0.410 e. The van der Waals surface area contributed by atoms with Crippen LogP contribution in [0.2, 0.25) is 0 Å². The molecular weight excluding hydrogens is 1230 g/mol. The lowest BCUT2D eigenvalue weighted by atomic mass is 9.44. The van der Waals surface area contributed by atoms with E-state index < -0.39 is 168 Å². The number of nitrogens with zero attached hydrogens (tertiary/aromatic N) is 2. The number of aliphatic hydroxyl groups is 5. The topological polar surface area (TPSA) is 403 Å². The first-order valence-electron chi connectivity index (χ1n) is 30.1. The molecule has 3 aliphatic carbocycles. The minimum atomic E-state index is -2.57. The van der Waals surface area contributed by atoms with Crippen LogP contribution in [0, 0.1) is 16.7 Å². The number of nitrogen functional groups attached to an aromatic ring is 1. The second kappa shape index (κ2) is 27.5. The summed E-state index contributed by atoms with van der Waals surface area (Å²) in [4.78, 5) is 129. The van der Waals surface area contributed by atoms with E-state index in [4.69, 9.17) is 48.4 Å². The number of carbonyl (C=O) groups is 9. The van der Waals surface area contributed by atoms with Gasteiger partial charge in [-0.15, -0.1) is 0 Å². The molecule has 2 saturated carbocycles. The third-order valence-electron chi connectivity index (χ3n) is 18.6. The summed E-state index contributed by atoms with van der Waals surface area (Å²) in [5.41, 5.74) is -1.75. The molecule has 504 valence electrons. The van der Waals surface area contributed by atoms with Crippen molar-refractivity contribution < 1.29 is 116 Å². The fraction of sp³-hybridized carbons (Fsp3) is 0.470. The molecule has 4 aromatic carbocycles. The molecule has 9 rings (SSSR count). The standard InChI is InChI=1S/C66H76N4O24/c1-33-42(30-66(85)55(93-58(81)39-22-16-11-17-23-39)53-64(6,43(73)29-44-65(53,32-87-44)94-35(3)72)54(77)50(88-34(2)71)45(33)63(66,4)5)89-59(82)51(46(37-18-12-9-13-19-37)68-56(78)38-20-14-10-15-21-38)92-62(84)70(8)27-26-69(7)61(83)86-31-36-24-25-41(40(67)28-36)90-60-49(76)47(74)48(75)52(91-60)57(79)80/h9-25,28,42-44,46-53,55,60,73-76,85H,26-27,29-32,67H2,1-8H3,(H,68,78)(H,79,80)/t42-,43-,44+,46-,47-,48-,49+,50+,51+,52-,53?,55-,60+,64+,65-,66+/m0/s1. The first-order valence-corrected chi connectivity index (χ1v) is 30.1. The Morgan fingerprint density at radius 3 is 1.95 bits per heavy atom. The summed E-state index contributed by atoms with van der Waals surface area (Å²) in [6, 6.07) is 26.0. The van der Waals surface area contributed by atoms with Crippen LogP contribution in [-0.4, -0.2) is 206 Å². The number of fused-ring (bicyclic) bond motifs is 5. The van der Waals surface area contributed by atoms with E-state index in [9.17, 15) is 64.2 Å². The summed E-state index contributed by atoms with van der Waals surface area (Å²) in [5.74, 6) is -9.27. The Kier molecular flexibility index (Phi) is 20.3. The predicted molar refractivity (Wildman–Crippen MR) is 323 cm³/mol. The molecular formula is C66H76N4O24. The van der Waals surface area contributed by atoms with Crippen molar-refractivity contribution in [3.8, 4) is 5.75 Å². The minimum Gasteiger partial charge on any atom is -0.479 e. The van der Waals surface area contributed by atoms with Gasteiger partial charge in [0.15, 0.2) is 23.6 Å². The van der Waals surface area contributed by atoms with Gasteiger partial charge in [0.1, 0.15) is 60.6 Å². The molecule has 28 heteroatoms. The van der Waals surface area contributed by atoms with E-state index in [2.05, 4.69) is 5.32 Å². The van der Waals surface area contributed by atoms with E-state index in [1.54, 1.807) is 66.7 Å². The molecule has 16 atom stereocenters. The maximum absolute atomic E-state index is 15.9. The Morgan fingerprint density at radius 1 is 0.766 bits per heavy atom. The lowest BCUT2D eigenvalue weighted by Gasteiger charge is -2.67. The van der Waals surface area contributed by atoms with Crippen molar-refractivity contribution in [3.63, 3.8) is 0 Å². The molecule has 2 heterocycles. The van der Waals surface area contributed by atoms with E-state index >= 15 is 9.59 Å². The Hall–Kier alpha value is -9.03. The molecule has 5 aliphatic rings. The number of carboxylic acid groups (broad SMARTS) is 1. The largest absolute Gasteiger partial charge is 0.479 e. The highest BCUT2D eigenvalue weighted by Crippen LogP contribution is 2.64. The summed E-state index contributed by atoms with van der Waals surface area (Å²) in [5, 5.41) is 69.3. The van der Waals surface area contributed by atoms with Crippen molar-refractivity contribution in [1.82, 2.24) is 15.1 Å². The zero-order chi connectivity index (χ0) is 68.5. The van der Waals surface area contributed by atoms with Crippen LogP contribution in [-0.2, 0) is 68.5 Å². The van der Waals surface area contributed by atoms with Gasteiger partial charge >= 0.3 is 42.0 Å². The quantitative estimate of drug-likeness (QED) is 0.0289. The van der Waals surface area contributed by atoms with Crippen LogP contribution in [0.25, 0.3) is 0 Å². The molecule has 28 nitrogen and oxygen atoms in total. The molecule has 0 spiro atoms. The first kappa shape index (κ1) is 69.3. The number of carboxylic acids is 1. The first-order chi connectivity index (χ1) is 44.4. The van der Waals surface area contributed by atoms with Crippen molar-refractivity contribution in [3.05, 3.63) is 143 Å². The normalized spacial score (nSPS) is 29.7. The van der Waals surface area contributed by atoms with E-state index in [0.29, 0.717) is 5.56 Å². The van der Waals surface area contributed by atoms with Gasteiger partial charge in [0.25, 0.3) is 5.91 Å². The van der Waals surface area contributed by atoms with Gasteiger partial charge in [-0.1, -0.05) is 86.6 Å². The van der Waals surface area contributed by atoms with Crippen molar-refractivity contribution in [1.29, 1.82) is 0 Å². The number of aliphatic hydroxyl groups excluding tert-OH is 4. The highest BCUT2D eigenvalue weighted by atomic mass is 16.7. The van der Waals surface area contributed by atoms with Crippen LogP contribution < -0.4 is 15.8 Å². The van der Waals surface area contributed by atoms with E-state index in [1.165, 1.54) is 84.3 Å². The van der Waals surface area contributed by atoms with Gasteiger partial charge in [0.2, 0.25) is 12.4 Å². The fourth-order valence-electron chi connectivity index (χ4n) is 13.3. The number of ether oxygens (including phenoxy) is 9. The number of nitrogens with two attached hydrogens (primary N) is 1. The zero-order valence-corrected chi connectivity index (χ0v) is 52.6. The highest BCUT2D eigenvalue weighted by molar-refractivity contribution is 5.96. The van der Waals surface area contributed by atoms with Crippen molar-refractivity contribution in [2.24, 2.45) is 16.7 Å². The van der Waals surface area contributed by atoms with Crippen molar-refractivity contribution in [2.45, 2.75) is 146 Å². The molecule has 94 heavy (non-hydrogen) atoms. The molecule has 9 N–H and O–H groups in total. The van der Waals surface area contributed by atoms with Crippen LogP contribution in [0.5, 0.6) is 5.75 Å². The Balaban J connectivity index is 1.02. The number of esters is 4. The molecule has 2 aliphatic heterocycles. The molecule has 2 bridgehead atoms. The number of benzene rings is 4. The van der Waals surface area contributed by atoms with Crippen molar-refractivity contribution >= 4 is 59.4 Å². The number of likely N-dealkylation sites (N-methyl/N-ethyl adjacent to an activating group) is 2. The average molecular weight is 1310 g/mol. The molecule has 0 aromatic heterocycles. The highest BCUT2D eigenvalue weighted by Gasteiger charge is 2.78. The van der Waals surface area contributed by atoms with Crippen LogP contribution >= 0.6 is 0 Å². The van der Waals surface area contributed by atoms with Gasteiger partial charge in [-0.25, -0.2) is 24.0 Å². The molecule has 4 aromatic rings. The SMILES string of the molecule is CC(=O)O[C@H]1C(=O)[C@@]2(C)C([C@H](OC(=O)c3ccccc3)[C@]3(O)C[C@H](OC(=O)[C@H](OC(=O)N(C)CCN(C)C(=O)OCc4ccc(O[C@@H]5O[C@H](C(=O)O)[C@@H](O)[C@H](O)[C@H]5O)c(N)c4)[C@@H](NC(=O)c4ccccc4)c4ccccc4)C(C)=C1C3(C)C)[C@]1(OC(C)=O)CO[C@@H]1C[C@@H]2O. The van der Waals surface area contributed by atoms with Gasteiger partial charge in [-0.2, -0.15) is 0 Å². The minimum absolute atomic E-state index is 0.00642. The molecule has 0 radical (unpaired) electrons. The number of carbonyl (C=O) groups excluding carboxylic acids is 8. The molecule has 2 saturated heterocycles. The van der Waals surface area contributed by atoms with Gasteiger partial charge in [0, 0.05) is 64.9 Å². The number of nitrogens with one attached hydrogen (secondary N) is 1. The number of aliphatic carboxylic acids is 1. The molecule has 3 amide bonds. The van der Waals surface area contributed by atoms with E-state index in [-0.39, 0.29) is 65.4 Å². The van der Waals surface area contributed by atoms with Crippen molar-refractivity contribution in [2.75, 3.05) is 39.5 Å². The Bertz CT molecular complexity index is 3570. The summed E-state index contributed by atoms with van der Waals surface area (Å²) in [6.45, 7) is 6.73. The third kappa shape index (κ3) is 13.3. The zero-order valence-electron chi connectivity index (χ0n) is 52.6. The van der Waals surface area contributed by atoms with E-state index in [1.807, 2.05) is 0 Å². The number of hydrogen-bond acceptors (Lipinski definition) is 24. The Labute approximate surface area is 539 Å². The number of hydrogen-bond donors (Lipinski definition) is 8. The smallest absolute Gasteiger partial charge is 0.410 e. The fourth-order valence-corrected chi connectivity index (χ4v) is 13.3. The number of amides is 3. The predicted octanol–water partition coefficient (Wildman–Crippen LogP) is 2.93. The Morgan fingerprint density at radius 2 is 1.37 bits per heavy atom. The average Bonchev–Trinajstić information content (AvgIpc) is 0.670. The van der Waals surface area contributed by atoms with Crippen LogP contribution in [0.3, 0.4) is 0 Å². The summed E-state index contributed by atoms with van der Waals surface area (Å²) in [7, 11) is 2.65. The number of anilines is 1. The summed E-state index contributed by atoms with van der Waals surface area (Å²) in [6.07, 6.45) is -23.1. The van der Waals surface area contributed by atoms with Gasteiger partial charge in [0.05, 0.1) is 35.3 Å². The second-order valence-corrected chi connectivity index (χ2v) is 24.8. The number of Topliss-reactive ketones (excluding diaryl/α,β-unsaturated/α-hetero) is 1. The number of ketones is 1. The molecule has 4 fully saturated rings. The second-order valence-electron chi connectivity index (χ2n) is 24.8. The van der Waals surface area contributed by atoms with Crippen LogP contribution in [0.15, 0.2) is 120 Å². The monoisotopic (exact) mass is 1310 g/mol. The van der Waals surface area contributed by atoms with Crippen LogP contribution in [0.4, 0.5) is 15.3 Å². The van der Waals surface area contributed by atoms with Gasteiger partial charge in [-0.3, -0.25) is 19.2 Å². The summed E-state index contributed by atoms with van der Waals surface area (Å²) >= 11 is 0. The van der Waals surface area contributed by atoms with Crippen LogP contribution in [0.1, 0.15) is 92.3 Å². The van der Waals surface area contributed by atoms with E-state index in [0.717, 1.165) is 23.6 Å². The number of rotatable bonds is 19. The maximum atomic E-state index is 15.9. The lowest BCUT2D eigenvalue weighted by Crippen LogP contribution is -2.82. The molecule has 1 unspecified atom stereocenters.